The molecule has 0 saturated carbocycles. The van der Waals surface area contributed by atoms with E-state index in [4.69, 9.17) is 9.47 Å². The maximum atomic E-state index is 12.3. The standard InChI is InChI=1S/C18H24N2O3S/c1-20(2)15(14-7-8-24-12-14)11-19-18(21)10-13-5-6-16(22-3)17(9-13)23-4/h5-9,12,15H,10-11H2,1-4H3,(H,19,21)/t15-/m1/s1. The molecule has 0 fully saturated rings. The Kier molecular flexibility index (Phi) is 6.63. The van der Waals surface area contributed by atoms with Gasteiger partial charge in [-0.2, -0.15) is 11.3 Å². The summed E-state index contributed by atoms with van der Waals surface area (Å²) in [5.41, 5.74) is 2.11. The predicted octanol–water partition coefficient (Wildman–Crippen LogP) is 2.73. The minimum atomic E-state index is -0.00991. The molecule has 1 aromatic heterocycles. The highest BCUT2D eigenvalue weighted by Gasteiger charge is 2.16. The summed E-state index contributed by atoms with van der Waals surface area (Å²) in [5, 5.41) is 7.19. The quantitative estimate of drug-likeness (QED) is 0.797. The molecule has 1 N–H and O–H groups in total. The van der Waals surface area contributed by atoms with E-state index in [1.54, 1.807) is 25.6 Å². The Hall–Kier alpha value is -2.05. The molecule has 0 unspecified atom stereocenters. The van der Waals surface area contributed by atoms with E-state index in [2.05, 4.69) is 27.0 Å². The van der Waals surface area contributed by atoms with Gasteiger partial charge >= 0.3 is 0 Å². The topological polar surface area (TPSA) is 50.8 Å². The van der Waals surface area contributed by atoms with Crippen molar-refractivity contribution in [3.8, 4) is 11.5 Å². The molecule has 1 heterocycles. The lowest BCUT2D eigenvalue weighted by atomic mass is 10.1. The highest BCUT2D eigenvalue weighted by molar-refractivity contribution is 7.07. The smallest absolute Gasteiger partial charge is 0.224 e. The van der Waals surface area contributed by atoms with Crippen LogP contribution in [0.5, 0.6) is 11.5 Å². The van der Waals surface area contributed by atoms with Crippen molar-refractivity contribution >= 4 is 17.2 Å². The molecule has 0 aliphatic rings. The van der Waals surface area contributed by atoms with Gasteiger partial charge in [0.05, 0.1) is 26.7 Å². The van der Waals surface area contributed by atoms with Crippen molar-refractivity contribution in [1.29, 1.82) is 0 Å². The fourth-order valence-electron chi connectivity index (χ4n) is 2.51. The van der Waals surface area contributed by atoms with E-state index in [0.717, 1.165) is 5.56 Å². The third-order valence-corrected chi connectivity index (χ3v) is 4.56. The second-order valence-electron chi connectivity index (χ2n) is 5.71. The fourth-order valence-corrected chi connectivity index (χ4v) is 3.22. The molecule has 130 valence electrons. The second-order valence-corrected chi connectivity index (χ2v) is 6.49. The number of thiophene rings is 1. The molecule has 0 aliphatic heterocycles. The third kappa shape index (κ3) is 4.72. The number of nitrogens with zero attached hydrogens (tertiary/aromatic N) is 1. The van der Waals surface area contributed by atoms with Crippen LogP contribution in [0.4, 0.5) is 0 Å². The lowest BCUT2D eigenvalue weighted by Crippen LogP contribution is -2.35. The zero-order valence-electron chi connectivity index (χ0n) is 14.5. The van der Waals surface area contributed by atoms with E-state index in [-0.39, 0.29) is 11.9 Å². The Morgan fingerprint density at radius 1 is 1.21 bits per heavy atom. The summed E-state index contributed by atoms with van der Waals surface area (Å²) >= 11 is 1.66. The lowest BCUT2D eigenvalue weighted by Gasteiger charge is -2.24. The van der Waals surface area contributed by atoms with Crippen LogP contribution in [-0.2, 0) is 11.2 Å². The van der Waals surface area contributed by atoms with E-state index in [1.807, 2.05) is 32.3 Å². The number of carbonyl (C=O) groups excluding carboxylic acids is 1. The van der Waals surface area contributed by atoms with Crippen molar-refractivity contribution in [3.63, 3.8) is 0 Å². The normalized spacial score (nSPS) is 12.0. The SMILES string of the molecule is COc1ccc(CC(=O)NC[C@H](c2ccsc2)N(C)C)cc1OC. The molecule has 0 radical (unpaired) electrons. The minimum absolute atomic E-state index is 0.00991. The maximum Gasteiger partial charge on any atom is 0.224 e. The molecule has 0 aliphatic carbocycles. The van der Waals surface area contributed by atoms with Gasteiger partial charge in [-0.05, 0) is 54.2 Å². The number of likely N-dealkylation sites (N-methyl/N-ethyl adjacent to an activating group) is 1. The molecule has 24 heavy (non-hydrogen) atoms. The molecule has 1 atom stereocenters. The predicted molar refractivity (Wildman–Crippen MR) is 97.0 cm³/mol. The molecule has 0 saturated heterocycles. The van der Waals surface area contributed by atoms with Crippen LogP contribution < -0.4 is 14.8 Å². The summed E-state index contributed by atoms with van der Waals surface area (Å²) in [5.74, 6) is 1.28. The highest BCUT2D eigenvalue weighted by atomic mass is 32.1. The van der Waals surface area contributed by atoms with Gasteiger partial charge in [-0.25, -0.2) is 0 Å². The summed E-state index contributed by atoms with van der Waals surface area (Å²) < 4.78 is 10.5. The average molecular weight is 348 g/mol. The fraction of sp³-hybridized carbons (Fsp3) is 0.389. The van der Waals surface area contributed by atoms with Gasteiger partial charge in [0.2, 0.25) is 5.91 Å². The van der Waals surface area contributed by atoms with Crippen LogP contribution in [0.25, 0.3) is 0 Å². The van der Waals surface area contributed by atoms with Crippen molar-refractivity contribution in [3.05, 3.63) is 46.2 Å². The lowest BCUT2D eigenvalue weighted by molar-refractivity contribution is -0.120. The number of methoxy groups -OCH3 is 2. The van der Waals surface area contributed by atoms with Crippen LogP contribution in [0.15, 0.2) is 35.0 Å². The largest absolute Gasteiger partial charge is 0.493 e. The van der Waals surface area contributed by atoms with E-state index < -0.39 is 0 Å². The van der Waals surface area contributed by atoms with Crippen LogP contribution in [0, 0.1) is 0 Å². The van der Waals surface area contributed by atoms with Crippen molar-refractivity contribution in [2.75, 3.05) is 34.9 Å². The van der Waals surface area contributed by atoms with Gasteiger partial charge < -0.3 is 19.7 Å². The monoisotopic (exact) mass is 348 g/mol. The number of amides is 1. The van der Waals surface area contributed by atoms with Gasteiger partial charge in [-0.1, -0.05) is 6.07 Å². The Bertz CT molecular complexity index is 656. The van der Waals surface area contributed by atoms with Gasteiger partial charge in [0.1, 0.15) is 0 Å². The third-order valence-electron chi connectivity index (χ3n) is 3.86. The number of ether oxygens (including phenoxy) is 2. The number of rotatable bonds is 8. The van der Waals surface area contributed by atoms with Gasteiger partial charge in [0.15, 0.2) is 11.5 Å². The van der Waals surface area contributed by atoms with Crippen molar-refractivity contribution in [2.24, 2.45) is 0 Å². The van der Waals surface area contributed by atoms with Crippen LogP contribution >= 0.6 is 11.3 Å². The van der Waals surface area contributed by atoms with Gasteiger partial charge in [0, 0.05) is 6.54 Å². The molecule has 2 aromatic rings. The van der Waals surface area contributed by atoms with Crippen LogP contribution in [-0.4, -0.2) is 45.7 Å². The van der Waals surface area contributed by atoms with Gasteiger partial charge in [0.25, 0.3) is 0 Å². The van der Waals surface area contributed by atoms with E-state index in [0.29, 0.717) is 24.5 Å². The van der Waals surface area contributed by atoms with Crippen LogP contribution in [0.3, 0.4) is 0 Å². The molecule has 0 spiro atoms. The zero-order chi connectivity index (χ0) is 17.5. The number of carbonyl (C=O) groups is 1. The van der Waals surface area contributed by atoms with Crippen LogP contribution in [0.2, 0.25) is 0 Å². The second kappa shape index (κ2) is 8.70. The van der Waals surface area contributed by atoms with Gasteiger partial charge in [-0.15, -0.1) is 0 Å². The average Bonchev–Trinajstić information content (AvgIpc) is 3.08. The molecule has 1 amide bonds. The molecular formula is C18H24N2O3S. The molecule has 1 aromatic carbocycles. The number of hydrogen-bond acceptors (Lipinski definition) is 5. The first kappa shape index (κ1) is 18.3. The zero-order valence-corrected chi connectivity index (χ0v) is 15.4. The summed E-state index contributed by atoms with van der Waals surface area (Å²) in [6.07, 6.45) is 0.310. The number of benzene rings is 1. The highest BCUT2D eigenvalue weighted by Crippen LogP contribution is 2.27. The van der Waals surface area contributed by atoms with Crippen molar-refractivity contribution in [2.45, 2.75) is 12.5 Å². The Morgan fingerprint density at radius 2 is 1.96 bits per heavy atom. The Labute approximate surface area is 147 Å². The Balaban J connectivity index is 1.95. The first-order valence-corrected chi connectivity index (χ1v) is 8.65. The summed E-state index contributed by atoms with van der Waals surface area (Å²) in [4.78, 5) is 14.4. The first-order valence-electron chi connectivity index (χ1n) is 7.71. The molecular weight excluding hydrogens is 324 g/mol. The van der Waals surface area contributed by atoms with Crippen LogP contribution in [0.1, 0.15) is 17.2 Å². The maximum absolute atomic E-state index is 12.3. The molecule has 5 nitrogen and oxygen atoms in total. The van der Waals surface area contributed by atoms with E-state index >= 15 is 0 Å². The Morgan fingerprint density at radius 3 is 2.54 bits per heavy atom. The summed E-state index contributed by atoms with van der Waals surface area (Å²) in [7, 11) is 7.21. The summed E-state index contributed by atoms with van der Waals surface area (Å²) in [6.45, 7) is 0.579. The number of nitrogens with one attached hydrogen (secondary N) is 1. The van der Waals surface area contributed by atoms with E-state index in [9.17, 15) is 4.79 Å². The number of hydrogen-bond donors (Lipinski definition) is 1. The van der Waals surface area contributed by atoms with Gasteiger partial charge in [-0.3, -0.25) is 4.79 Å². The molecule has 2 rings (SSSR count). The summed E-state index contributed by atoms with van der Waals surface area (Å²) in [6, 6.07) is 7.79. The molecule has 6 heteroatoms. The van der Waals surface area contributed by atoms with Crippen molar-refractivity contribution in [1.82, 2.24) is 10.2 Å². The molecule has 0 bridgehead atoms. The first-order chi connectivity index (χ1) is 11.5. The van der Waals surface area contributed by atoms with Crippen molar-refractivity contribution < 1.29 is 14.3 Å². The van der Waals surface area contributed by atoms with E-state index in [1.165, 1.54) is 5.56 Å². The minimum Gasteiger partial charge on any atom is -0.493 e.